The number of benzene rings is 1. The van der Waals surface area contributed by atoms with Crippen molar-refractivity contribution >= 4 is 5.65 Å². The Bertz CT molecular complexity index is 671. The lowest BCUT2D eigenvalue weighted by Gasteiger charge is -1.94. The minimum absolute atomic E-state index is 0.244. The topological polar surface area (TPSA) is 50.4 Å². The molecule has 0 fully saturated rings. The lowest BCUT2D eigenvalue weighted by Crippen LogP contribution is -1.87. The quantitative estimate of drug-likeness (QED) is 0.691. The largest absolute Gasteiger partial charge is 0.508 e. The first kappa shape index (κ1) is 9.84. The molecule has 0 aliphatic carbocycles. The number of phenols is 1. The van der Waals surface area contributed by atoms with Crippen molar-refractivity contribution in [1.29, 1.82) is 0 Å². The molecule has 4 nitrogen and oxygen atoms in total. The van der Waals surface area contributed by atoms with E-state index >= 15 is 0 Å². The van der Waals surface area contributed by atoms with Gasteiger partial charge in [-0.3, -0.25) is 0 Å². The Morgan fingerprint density at radius 3 is 2.59 bits per heavy atom. The van der Waals surface area contributed by atoms with E-state index in [1.807, 2.05) is 25.3 Å². The molecule has 0 radical (unpaired) electrons. The molecule has 0 aliphatic rings. The third-order valence-electron chi connectivity index (χ3n) is 2.68. The third-order valence-corrected chi connectivity index (χ3v) is 2.68. The minimum atomic E-state index is 0.244. The summed E-state index contributed by atoms with van der Waals surface area (Å²) in [6, 6.07) is 10.8. The Morgan fingerprint density at radius 1 is 1.12 bits per heavy atom. The summed E-state index contributed by atoms with van der Waals surface area (Å²) in [6.45, 7) is 2.00. The van der Waals surface area contributed by atoms with Crippen molar-refractivity contribution in [2.45, 2.75) is 6.92 Å². The molecule has 0 unspecified atom stereocenters. The van der Waals surface area contributed by atoms with E-state index in [2.05, 4.69) is 10.1 Å². The molecule has 0 atom stereocenters. The van der Waals surface area contributed by atoms with Gasteiger partial charge in [-0.1, -0.05) is 6.07 Å². The highest BCUT2D eigenvalue weighted by atomic mass is 16.3. The molecule has 0 amide bonds. The van der Waals surface area contributed by atoms with E-state index in [4.69, 9.17) is 0 Å². The van der Waals surface area contributed by atoms with Gasteiger partial charge in [0.2, 0.25) is 0 Å². The van der Waals surface area contributed by atoms with Crippen LogP contribution < -0.4 is 0 Å². The monoisotopic (exact) mass is 225 g/mol. The number of pyridine rings is 1. The van der Waals surface area contributed by atoms with Gasteiger partial charge in [0.05, 0.1) is 0 Å². The first-order chi connectivity index (χ1) is 8.24. The number of aromatic nitrogens is 3. The summed E-state index contributed by atoms with van der Waals surface area (Å²) in [5.74, 6) is 0.910. The standard InChI is InChI=1S/C13H11N3O/c1-9-3-2-8-16-13(9)14-12(15-16)10-4-6-11(17)7-5-10/h2-8,17H,1H3. The second-order valence-corrected chi connectivity index (χ2v) is 3.94. The van der Waals surface area contributed by atoms with E-state index in [9.17, 15) is 5.11 Å². The molecule has 0 aliphatic heterocycles. The van der Waals surface area contributed by atoms with Gasteiger partial charge in [-0.25, -0.2) is 9.50 Å². The molecule has 2 aromatic heterocycles. The van der Waals surface area contributed by atoms with Gasteiger partial charge in [0.1, 0.15) is 5.75 Å². The SMILES string of the molecule is Cc1cccn2nc(-c3ccc(O)cc3)nc12. The van der Waals surface area contributed by atoms with Crippen LogP contribution >= 0.6 is 0 Å². The van der Waals surface area contributed by atoms with Gasteiger partial charge in [0, 0.05) is 11.8 Å². The summed E-state index contributed by atoms with van der Waals surface area (Å²) in [5, 5.41) is 13.6. The van der Waals surface area contributed by atoms with E-state index in [1.54, 1.807) is 28.8 Å². The van der Waals surface area contributed by atoms with Crippen LogP contribution in [-0.2, 0) is 0 Å². The summed E-state index contributed by atoms with van der Waals surface area (Å²) in [5.41, 5.74) is 2.84. The second kappa shape index (κ2) is 3.59. The molecule has 4 heteroatoms. The van der Waals surface area contributed by atoms with Crippen LogP contribution in [0.25, 0.3) is 17.0 Å². The van der Waals surface area contributed by atoms with Crippen LogP contribution in [0, 0.1) is 6.92 Å². The van der Waals surface area contributed by atoms with Crippen LogP contribution in [0.2, 0.25) is 0 Å². The number of aryl methyl sites for hydroxylation is 1. The lowest BCUT2D eigenvalue weighted by atomic mass is 10.2. The highest BCUT2D eigenvalue weighted by Crippen LogP contribution is 2.20. The Hall–Kier alpha value is -2.36. The van der Waals surface area contributed by atoms with Crippen molar-refractivity contribution < 1.29 is 5.11 Å². The van der Waals surface area contributed by atoms with Crippen molar-refractivity contribution in [3.63, 3.8) is 0 Å². The fourth-order valence-corrected chi connectivity index (χ4v) is 1.77. The molecule has 2 heterocycles. The molecule has 17 heavy (non-hydrogen) atoms. The number of phenolic OH excluding ortho intramolecular Hbond substituents is 1. The Kier molecular flexibility index (Phi) is 2.08. The van der Waals surface area contributed by atoms with Gasteiger partial charge in [0.25, 0.3) is 0 Å². The molecule has 1 N–H and O–H groups in total. The van der Waals surface area contributed by atoms with E-state index < -0.39 is 0 Å². The highest BCUT2D eigenvalue weighted by molar-refractivity contribution is 5.60. The van der Waals surface area contributed by atoms with Crippen LogP contribution in [-0.4, -0.2) is 19.7 Å². The smallest absolute Gasteiger partial charge is 0.182 e. The average molecular weight is 225 g/mol. The van der Waals surface area contributed by atoms with Crippen molar-refractivity contribution in [2.75, 3.05) is 0 Å². The summed E-state index contributed by atoms with van der Waals surface area (Å²) >= 11 is 0. The van der Waals surface area contributed by atoms with Crippen LogP contribution in [0.4, 0.5) is 0 Å². The first-order valence-corrected chi connectivity index (χ1v) is 5.35. The van der Waals surface area contributed by atoms with E-state index in [1.165, 1.54) is 0 Å². The lowest BCUT2D eigenvalue weighted by molar-refractivity contribution is 0.475. The van der Waals surface area contributed by atoms with Gasteiger partial charge in [-0.05, 0) is 42.8 Å². The van der Waals surface area contributed by atoms with Gasteiger partial charge < -0.3 is 5.11 Å². The van der Waals surface area contributed by atoms with Crippen LogP contribution in [0.5, 0.6) is 5.75 Å². The third kappa shape index (κ3) is 1.63. The maximum absolute atomic E-state index is 9.24. The normalized spacial score (nSPS) is 10.9. The van der Waals surface area contributed by atoms with Gasteiger partial charge in [-0.2, -0.15) is 0 Å². The van der Waals surface area contributed by atoms with Crippen LogP contribution in [0.15, 0.2) is 42.6 Å². The van der Waals surface area contributed by atoms with Crippen LogP contribution in [0.3, 0.4) is 0 Å². The fraction of sp³-hybridized carbons (Fsp3) is 0.0769. The predicted molar refractivity (Wildman–Crippen MR) is 64.8 cm³/mol. The molecule has 1 aromatic carbocycles. The molecule has 0 bridgehead atoms. The number of rotatable bonds is 1. The number of nitrogens with zero attached hydrogens (tertiary/aromatic N) is 3. The molecule has 0 spiro atoms. The number of fused-ring (bicyclic) bond motifs is 1. The van der Waals surface area contributed by atoms with Crippen LogP contribution in [0.1, 0.15) is 5.56 Å². The summed E-state index contributed by atoms with van der Waals surface area (Å²) in [6.07, 6.45) is 1.87. The van der Waals surface area contributed by atoms with E-state index in [0.29, 0.717) is 5.82 Å². The van der Waals surface area contributed by atoms with E-state index in [-0.39, 0.29) is 5.75 Å². The van der Waals surface area contributed by atoms with Gasteiger partial charge in [0.15, 0.2) is 11.5 Å². The maximum atomic E-state index is 9.24. The maximum Gasteiger partial charge on any atom is 0.182 e. The molecular weight excluding hydrogens is 214 g/mol. The molecular formula is C13H11N3O. The zero-order chi connectivity index (χ0) is 11.8. The van der Waals surface area contributed by atoms with Crippen molar-refractivity contribution in [3.8, 4) is 17.1 Å². The second-order valence-electron chi connectivity index (χ2n) is 3.94. The predicted octanol–water partition coefficient (Wildman–Crippen LogP) is 2.41. The van der Waals surface area contributed by atoms with E-state index in [0.717, 1.165) is 16.8 Å². The number of hydrogen-bond acceptors (Lipinski definition) is 3. The fourth-order valence-electron chi connectivity index (χ4n) is 1.77. The Balaban J connectivity index is 2.18. The first-order valence-electron chi connectivity index (χ1n) is 5.35. The number of hydrogen-bond donors (Lipinski definition) is 1. The Morgan fingerprint density at radius 2 is 1.88 bits per heavy atom. The molecule has 0 saturated carbocycles. The average Bonchev–Trinajstić information content (AvgIpc) is 2.75. The highest BCUT2D eigenvalue weighted by Gasteiger charge is 2.07. The summed E-state index contributed by atoms with van der Waals surface area (Å²) in [4.78, 5) is 4.48. The van der Waals surface area contributed by atoms with Gasteiger partial charge in [-0.15, -0.1) is 5.10 Å². The zero-order valence-electron chi connectivity index (χ0n) is 9.33. The van der Waals surface area contributed by atoms with Gasteiger partial charge >= 0.3 is 0 Å². The zero-order valence-corrected chi connectivity index (χ0v) is 9.33. The minimum Gasteiger partial charge on any atom is -0.508 e. The molecule has 84 valence electrons. The molecule has 3 rings (SSSR count). The Labute approximate surface area is 98.2 Å². The summed E-state index contributed by atoms with van der Waals surface area (Å²) < 4.78 is 1.76. The van der Waals surface area contributed by atoms with Crippen molar-refractivity contribution in [1.82, 2.24) is 14.6 Å². The van der Waals surface area contributed by atoms with Crippen molar-refractivity contribution in [2.24, 2.45) is 0 Å². The van der Waals surface area contributed by atoms with Crippen molar-refractivity contribution in [3.05, 3.63) is 48.2 Å². The molecule has 0 saturated heterocycles. The molecule has 3 aromatic rings. The number of aromatic hydroxyl groups is 1. The summed E-state index contributed by atoms with van der Waals surface area (Å²) in [7, 11) is 0.